The number of rotatable bonds is 2. The number of H-pyrrole nitrogens is 1. The summed E-state index contributed by atoms with van der Waals surface area (Å²) >= 11 is 0. The fourth-order valence-corrected chi connectivity index (χ4v) is 2.75. The number of aromatic amines is 1. The summed E-state index contributed by atoms with van der Waals surface area (Å²) in [5, 5.41) is 0. The highest BCUT2D eigenvalue weighted by molar-refractivity contribution is 5.75. The fourth-order valence-electron chi connectivity index (χ4n) is 2.75. The Hall–Kier alpha value is -2.21. The molecule has 1 aliphatic carbocycles. The highest BCUT2D eigenvalue weighted by Gasteiger charge is 2.37. The molecule has 1 fully saturated rings. The Morgan fingerprint density at radius 1 is 1.35 bits per heavy atom. The summed E-state index contributed by atoms with van der Waals surface area (Å²) in [5.41, 5.74) is 8.65. The summed E-state index contributed by atoms with van der Waals surface area (Å²) in [6.45, 7) is 0. The van der Waals surface area contributed by atoms with Crippen LogP contribution in [0.3, 0.4) is 0 Å². The average molecular weight is 268 g/mol. The standard InChI is InChI=1S/C14H16N6/c1-20-10-4-2-7-16-11(10)19-12(20)9-8-17-13(18-9)14(15)5-3-6-14/h2,4,7-8H,3,5-6,15H2,1H3,(H,17,18). The second-order valence-corrected chi connectivity index (χ2v) is 5.50. The van der Waals surface area contributed by atoms with Gasteiger partial charge in [0.15, 0.2) is 11.5 Å². The lowest BCUT2D eigenvalue weighted by molar-refractivity contribution is 0.240. The number of aromatic nitrogens is 5. The van der Waals surface area contributed by atoms with Gasteiger partial charge < -0.3 is 15.3 Å². The predicted molar refractivity (Wildman–Crippen MR) is 75.8 cm³/mol. The SMILES string of the molecule is Cn1c(-c2cnc(C3(N)CCC3)[nH]2)nc2ncccc21. The molecule has 0 amide bonds. The van der Waals surface area contributed by atoms with Crippen LogP contribution in [0, 0.1) is 0 Å². The number of pyridine rings is 1. The molecule has 20 heavy (non-hydrogen) atoms. The molecule has 0 radical (unpaired) electrons. The molecule has 102 valence electrons. The molecule has 6 heteroatoms. The van der Waals surface area contributed by atoms with Crippen LogP contribution in [0.2, 0.25) is 0 Å². The number of hydrogen-bond donors (Lipinski definition) is 2. The molecule has 0 spiro atoms. The molecule has 0 unspecified atom stereocenters. The van der Waals surface area contributed by atoms with Crippen molar-refractivity contribution in [3.05, 3.63) is 30.4 Å². The Bertz CT molecular complexity index is 780. The summed E-state index contributed by atoms with van der Waals surface area (Å²) < 4.78 is 2.02. The Kier molecular flexibility index (Phi) is 2.26. The van der Waals surface area contributed by atoms with Crippen LogP contribution in [0.25, 0.3) is 22.7 Å². The van der Waals surface area contributed by atoms with Crippen LogP contribution in [0.15, 0.2) is 24.5 Å². The third kappa shape index (κ3) is 1.51. The lowest BCUT2D eigenvalue weighted by Gasteiger charge is -2.35. The molecule has 0 aromatic carbocycles. The van der Waals surface area contributed by atoms with Crippen molar-refractivity contribution in [1.82, 2.24) is 24.5 Å². The van der Waals surface area contributed by atoms with E-state index in [1.807, 2.05) is 29.9 Å². The van der Waals surface area contributed by atoms with Crippen molar-refractivity contribution in [2.75, 3.05) is 0 Å². The van der Waals surface area contributed by atoms with E-state index in [0.29, 0.717) is 0 Å². The van der Waals surface area contributed by atoms with E-state index in [9.17, 15) is 0 Å². The van der Waals surface area contributed by atoms with Gasteiger partial charge in [-0.15, -0.1) is 0 Å². The first-order valence-electron chi connectivity index (χ1n) is 6.80. The van der Waals surface area contributed by atoms with Crippen molar-refractivity contribution < 1.29 is 0 Å². The molecule has 3 aromatic rings. The van der Waals surface area contributed by atoms with E-state index in [4.69, 9.17) is 5.73 Å². The van der Waals surface area contributed by atoms with Gasteiger partial charge in [-0.1, -0.05) is 0 Å². The maximum Gasteiger partial charge on any atom is 0.178 e. The third-order valence-electron chi connectivity index (χ3n) is 4.19. The van der Waals surface area contributed by atoms with Gasteiger partial charge in [-0.25, -0.2) is 15.0 Å². The van der Waals surface area contributed by atoms with E-state index < -0.39 is 0 Å². The topological polar surface area (TPSA) is 85.4 Å². The first-order chi connectivity index (χ1) is 9.67. The number of nitrogens with one attached hydrogen (secondary N) is 1. The molecule has 0 atom stereocenters. The van der Waals surface area contributed by atoms with Gasteiger partial charge in [0, 0.05) is 13.2 Å². The average Bonchev–Trinajstić information content (AvgIpc) is 3.02. The van der Waals surface area contributed by atoms with Crippen molar-refractivity contribution in [3.8, 4) is 11.5 Å². The fraction of sp³-hybridized carbons (Fsp3) is 0.357. The number of imidazole rings is 2. The second-order valence-electron chi connectivity index (χ2n) is 5.50. The lowest BCUT2D eigenvalue weighted by atomic mass is 9.77. The summed E-state index contributed by atoms with van der Waals surface area (Å²) in [6, 6.07) is 3.92. The number of nitrogens with zero attached hydrogens (tertiary/aromatic N) is 4. The normalized spacial score (nSPS) is 17.3. The van der Waals surface area contributed by atoms with Crippen LogP contribution in [0.1, 0.15) is 25.1 Å². The van der Waals surface area contributed by atoms with Crippen LogP contribution in [0.4, 0.5) is 0 Å². The Balaban J connectivity index is 1.81. The summed E-state index contributed by atoms with van der Waals surface area (Å²) in [7, 11) is 1.98. The van der Waals surface area contributed by atoms with Crippen LogP contribution < -0.4 is 5.73 Å². The molecular formula is C14H16N6. The number of hydrogen-bond acceptors (Lipinski definition) is 4. The van der Waals surface area contributed by atoms with E-state index in [0.717, 1.165) is 41.3 Å². The zero-order valence-electron chi connectivity index (χ0n) is 11.3. The first kappa shape index (κ1) is 11.6. The molecule has 1 saturated carbocycles. The van der Waals surface area contributed by atoms with Crippen molar-refractivity contribution in [2.45, 2.75) is 24.8 Å². The minimum Gasteiger partial charge on any atom is -0.338 e. The highest BCUT2D eigenvalue weighted by Crippen LogP contribution is 2.37. The molecule has 0 saturated heterocycles. The van der Waals surface area contributed by atoms with Gasteiger partial charge in [0.05, 0.1) is 17.3 Å². The molecule has 6 nitrogen and oxygen atoms in total. The van der Waals surface area contributed by atoms with Gasteiger partial charge in [-0.3, -0.25) is 0 Å². The monoisotopic (exact) mass is 268 g/mol. The van der Waals surface area contributed by atoms with Crippen molar-refractivity contribution in [2.24, 2.45) is 12.8 Å². The van der Waals surface area contributed by atoms with Gasteiger partial charge in [-0.2, -0.15) is 0 Å². The smallest absolute Gasteiger partial charge is 0.178 e. The molecule has 1 aliphatic rings. The highest BCUT2D eigenvalue weighted by atomic mass is 15.1. The molecule has 0 aliphatic heterocycles. The number of fused-ring (bicyclic) bond motifs is 1. The van der Waals surface area contributed by atoms with Gasteiger partial charge in [0.2, 0.25) is 0 Å². The quantitative estimate of drug-likeness (QED) is 0.740. The first-order valence-corrected chi connectivity index (χ1v) is 6.80. The Morgan fingerprint density at radius 3 is 2.90 bits per heavy atom. The van der Waals surface area contributed by atoms with Crippen LogP contribution in [-0.2, 0) is 12.6 Å². The van der Waals surface area contributed by atoms with Crippen molar-refractivity contribution in [3.63, 3.8) is 0 Å². The van der Waals surface area contributed by atoms with Gasteiger partial charge in [0.1, 0.15) is 11.5 Å². The number of aryl methyl sites for hydroxylation is 1. The van der Waals surface area contributed by atoms with Crippen LogP contribution >= 0.6 is 0 Å². The molecule has 3 heterocycles. The Labute approximate surface area is 116 Å². The largest absolute Gasteiger partial charge is 0.338 e. The second kappa shape index (κ2) is 3.89. The van der Waals surface area contributed by atoms with Crippen LogP contribution in [0.5, 0.6) is 0 Å². The van der Waals surface area contributed by atoms with E-state index in [1.165, 1.54) is 6.42 Å². The minimum atomic E-state index is -0.277. The predicted octanol–water partition coefficient (Wildman–Crippen LogP) is 1.70. The van der Waals surface area contributed by atoms with Crippen LogP contribution in [-0.4, -0.2) is 24.5 Å². The summed E-state index contributed by atoms with van der Waals surface area (Å²) in [5.74, 6) is 1.69. The zero-order valence-corrected chi connectivity index (χ0v) is 11.3. The molecule has 3 N–H and O–H groups in total. The summed E-state index contributed by atoms with van der Waals surface area (Å²) in [6.07, 6.45) is 6.71. The summed E-state index contributed by atoms with van der Waals surface area (Å²) in [4.78, 5) is 16.6. The molecular weight excluding hydrogens is 252 g/mol. The zero-order chi connectivity index (χ0) is 13.7. The minimum absolute atomic E-state index is 0.277. The van der Waals surface area contributed by atoms with Crippen molar-refractivity contribution >= 4 is 11.2 Å². The third-order valence-corrected chi connectivity index (χ3v) is 4.19. The van der Waals surface area contributed by atoms with E-state index in [-0.39, 0.29) is 5.54 Å². The number of nitrogens with two attached hydrogens (primary N) is 1. The van der Waals surface area contributed by atoms with Crippen molar-refractivity contribution in [1.29, 1.82) is 0 Å². The van der Waals surface area contributed by atoms with Gasteiger partial charge >= 0.3 is 0 Å². The van der Waals surface area contributed by atoms with Gasteiger partial charge in [-0.05, 0) is 31.4 Å². The van der Waals surface area contributed by atoms with Gasteiger partial charge in [0.25, 0.3) is 0 Å². The van der Waals surface area contributed by atoms with E-state index in [2.05, 4.69) is 19.9 Å². The maximum atomic E-state index is 6.30. The van der Waals surface area contributed by atoms with E-state index in [1.54, 1.807) is 6.20 Å². The molecule has 3 aromatic heterocycles. The van der Waals surface area contributed by atoms with E-state index >= 15 is 0 Å². The maximum absolute atomic E-state index is 6.30. The molecule has 4 rings (SSSR count). The lowest BCUT2D eigenvalue weighted by Crippen LogP contribution is -2.44. The molecule has 0 bridgehead atoms. The Morgan fingerprint density at radius 2 is 2.20 bits per heavy atom.